The van der Waals surface area contributed by atoms with Crippen LogP contribution in [0.3, 0.4) is 0 Å². The van der Waals surface area contributed by atoms with Crippen LogP contribution in [-0.2, 0) is 6.42 Å². The molecule has 1 aromatic carbocycles. The number of para-hydroxylation sites is 1. The first kappa shape index (κ1) is 15.3. The van der Waals surface area contributed by atoms with Crippen LogP contribution < -0.4 is 15.2 Å². The van der Waals surface area contributed by atoms with Gasteiger partial charge in [0.15, 0.2) is 0 Å². The van der Waals surface area contributed by atoms with E-state index in [-0.39, 0.29) is 6.04 Å². The lowest BCUT2D eigenvalue weighted by Gasteiger charge is -2.15. The molecule has 2 rings (SSSR count). The average Bonchev–Trinajstić information content (AvgIpc) is 2.53. The van der Waals surface area contributed by atoms with E-state index in [1.54, 1.807) is 19.5 Å². The van der Waals surface area contributed by atoms with Crippen molar-refractivity contribution in [1.29, 1.82) is 0 Å². The van der Waals surface area contributed by atoms with E-state index in [0.29, 0.717) is 13.0 Å². The number of ether oxygens (including phenoxy) is 2. The van der Waals surface area contributed by atoms with Crippen molar-refractivity contribution < 1.29 is 9.47 Å². The molecule has 0 amide bonds. The third-order valence-corrected chi connectivity index (χ3v) is 3.27. The van der Waals surface area contributed by atoms with Gasteiger partial charge in [0.2, 0.25) is 0 Å². The van der Waals surface area contributed by atoms with Crippen LogP contribution in [0.2, 0.25) is 0 Å². The number of nitrogens with two attached hydrogens (primary N) is 1. The van der Waals surface area contributed by atoms with Crippen LogP contribution in [0.15, 0.2) is 42.7 Å². The van der Waals surface area contributed by atoms with Crippen LogP contribution >= 0.6 is 0 Å². The number of methoxy groups -OCH3 is 1. The zero-order valence-corrected chi connectivity index (χ0v) is 12.6. The van der Waals surface area contributed by atoms with Crippen molar-refractivity contribution in [1.82, 2.24) is 4.98 Å². The average molecular weight is 286 g/mol. The summed E-state index contributed by atoms with van der Waals surface area (Å²) in [6.07, 6.45) is 5.17. The Morgan fingerprint density at radius 2 is 2.05 bits per heavy atom. The summed E-state index contributed by atoms with van der Waals surface area (Å²) < 4.78 is 11.0. The van der Waals surface area contributed by atoms with Gasteiger partial charge < -0.3 is 15.2 Å². The highest BCUT2D eigenvalue weighted by Crippen LogP contribution is 2.24. The summed E-state index contributed by atoms with van der Waals surface area (Å²) in [5, 5.41) is 0. The Bertz CT molecular complexity index is 572. The van der Waals surface area contributed by atoms with Crippen LogP contribution in [0.1, 0.15) is 30.5 Å². The minimum atomic E-state index is -0.140. The van der Waals surface area contributed by atoms with Gasteiger partial charge in [-0.15, -0.1) is 0 Å². The zero-order valence-electron chi connectivity index (χ0n) is 12.6. The predicted molar refractivity (Wildman–Crippen MR) is 83.6 cm³/mol. The number of rotatable bonds is 7. The molecule has 0 fully saturated rings. The Hall–Kier alpha value is -2.07. The molecule has 1 atom stereocenters. The number of nitrogens with zero attached hydrogens (tertiary/aromatic N) is 1. The Morgan fingerprint density at radius 1 is 1.24 bits per heavy atom. The molecule has 0 spiro atoms. The largest absolute Gasteiger partial charge is 0.496 e. The number of pyridine rings is 1. The van der Waals surface area contributed by atoms with Gasteiger partial charge in [0.05, 0.1) is 19.9 Å². The van der Waals surface area contributed by atoms with E-state index in [2.05, 4.69) is 11.9 Å². The second-order valence-electron chi connectivity index (χ2n) is 4.92. The summed E-state index contributed by atoms with van der Waals surface area (Å²) in [5.74, 6) is 1.63. The topological polar surface area (TPSA) is 57.4 Å². The van der Waals surface area contributed by atoms with Crippen molar-refractivity contribution in [3.8, 4) is 11.5 Å². The highest BCUT2D eigenvalue weighted by Gasteiger charge is 2.11. The van der Waals surface area contributed by atoms with Gasteiger partial charge in [-0.3, -0.25) is 4.98 Å². The number of hydrogen-bond donors (Lipinski definition) is 1. The summed E-state index contributed by atoms with van der Waals surface area (Å²) in [6, 6.07) is 9.74. The highest BCUT2D eigenvalue weighted by atomic mass is 16.5. The van der Waals surface area contributed by atoms with Crippen molar-refractivity contribution in [2.45, 2.75) is 25.8 Å². The minimum absolute atomic E-state index is 0.140. The molecular formula is C17H22N2O2. The fourth-order valence-electron chi connectivity index (χ4n) is 2.16. The van der Waals surface area contributed by atoms with Gasteiger partial charge in [-0.2, -0.15) is 0 Å². The maximum Gasteiger partial charge on any atom is 0.137 e. The van der Waals surface area contributed by atoms with Crippen molar-refractivity contribution in [3.05, 3.63) is 53.9 Å². The van der Waals surface area contributed by atoms with E-state index in [0.717, 1.165) is 29.0 Å². The fraction of sp³-hybridized carbons (Fsp3) is 0.353. The molecule has 1 heterocycles. The monoisotopic (exact) mass is 286 g/mol. The summed E-state index contributed by atoms with van der Waals surface area (Å²) in [6.45, 7) is 2.76. The molecule has 0 saturated carbocycles. The normalized spacial score (nSPS) is 12.0. The second kappa shape index (κ2) is 7.64. The highest BCUT2D eigenvalue weighted by molar-refractivity contribution is 5.35. The van der Waals surface area contributed by atoms with Gasteiger partial charge in [0.1, 0.15) is 11.5 Å². The molecular weight excluding hydrogens is 264 g/mol. The molecule has 2 aromatic rings. The van der Waals surface area contributed by atoms with Crippen LogP contribution in [-0.4, -0.2) is 18.7 Å². The summed E-state index contributed by atoms with van der Waals surface area (Å²) in [7, 11) is 1.67. The minimum Gasteiger partial charge on any atom is -0.496 e. The smallest absolute Gasteiger partial charge is 0.137 e. The van der Waals surface area contributed by atoms with Gasteiger partial charge in [-0.25, -0.2) is 0 Å². The molecule has 21 heavy (non-hydrogen) atoms. The number of hydrogen-bond acceptors (Lipinski definition) is 4. The first-order valence-electron chi connectivity index (χ1n) is 7.19. The van der Waals surface area contributed by atoms with Crippen LogP contribution in [0.25, 0.3) is 0 Å². The van der Waals surface area contributed by atoms with Crippen molar-refractivity contribution in [3.63, 3.8) is 0 Å². The third-order valence-electron chi connectivity index (χ3n) is 3.27. The van der Waals surface area contributed by atoms with E-state index < -0.39 is 0 Å². The van der Waals surface area contributed by atoms with E-state index in [4.69, 9.17) is 15.2 Å². The Balaban J connectivity index is 2.10. The first-order valence-corrected chi connectivity index (χ1v) is 7.19. The summed E-state index contributed by atoms with van der Waals surface area (Å²) in [5.41, 5.74) is 8.35. The molecule has 1 unspecified atom stereocenters. The fourth-order valence-corrected chi connectivity index (χ4v) is 2.16. The van der Waals surface area contributed by atoms with Crippen LogP contribution in [0, 0.1) is 0 Å². The van der Waals surface area contributed by atoms with Gasteiger partial charge in [-0.1, -0.05) is 25.1 Å². The van der Waals surface area contributed by atoms with Crippen molar-refractivity contribution >= 4 is 0 Å². The van der Waals surface area contributed by atoms with Gasteiger partial charge >= 0.3 is 0 Å². The molecule has 0 aliphatic carbocycles. The molecule has 4 nitrogen and oxygen atoms in total. The van der Waals surface area contributed by atoms with E-state index in [1.807, 2.05) is 30.3 Å². The number of benzene rings is 1. The lowest BCUT2D eigenvalue weighted by atomic mass is 10.0. The van der Waals surface area contributed by atoms with Gasteiger partial charge in [0, 0.05) is 12.2 Å². The maximum absolute atomic E-state index is 6.30. The van der Waals surface area contributed by atoms with Crippen molar-refractivity contribution in [2.24, 2.45) is 5.73 Å². The lowest BCUT2D eigenvalue weighted by Crippen LogP contribution is -2.14. The third kappa shape index (κ3) is 4.20. The predicted octanol–water partition coefficient (Wildman–Crippen LogP) is 3.12. The van der Waals surface area contributed by atoms with Crippen molar-refractivity contribution in [2.75, 3.05) is 13.7 Å². The Kier molecular flexibility index (Phi) is 5.58. The first-order chi connectivity index (χ1) is 10.2. The van der Waals surface area contributed by atoms with Crippen LogP contribution in [0.4, 0.5) is 0 Å². The zero-order chi connectivity index (χ0) is 15.1. The SMILES string of the molecule is CCCOc1cncc(C(N)Cc2ccccc2OC)c1. The van der Waals surface area contributed by atoms with E-state index in [1.165, 1.54) is 0 Å². The summed E-state index contributed by atoms with van der Waals surface area (Å²) in [4.78, 5) is 4.21. The maximum atomic E-state index is 6.30. The molecule has 0 bridgehead atoms. The molecule has 0 saturated heterocycles. The second-order valence-corrected chi connectivity index (χ2v) is 4.92. The molecule has 4 heteroatoms. The molecule has 1 aromatic heterocycles. The molecule has 0 radical (unpaired) electrons. The number of aromatic nitrogens is 1. The molecule has 0 aliphatic rings. The lowest BCUT2D eigenvalue weighted by molar-refractivity contribution is 0.315. The van der Waals surface area contributed by atoms with E-state index >= 15 is 0 Å². The van der Waals surface area contributed by atoms with E-state index in [9.17, 15) is 0 Å². The summed E-state index contributed by atoms with van der Waals surface area (Å²) >= 11 is 0. The quantitative estimate of drug-likeness (QED) is 0.849. The van der Waals surface area contributed by atoms with Gasteiger partial charge in [0.25, 0.3) is 0 Å². The Morgan fingerprint density at radius 3 is 2.81 bits per heavy atom. The van der Waals surface area contributed by atoms with Crippen LogP contribution in [0.5, 0.6) is 11.5 Å². The Labute approximate surface area is 125 Å². The molecule has 112 valence electrons. The standard InChI is InChI=1S/C17H22N2O2/c1-3-8-21-15-9-14(11-19-12-15)16(18)10-13-6-4-5-7-17(13)20-2/h4-7,9,11-12,16H,3,8,10,18H2,1-2H3. The molecule has 2 N–H and O–H groups in total. The van der Waals surface area contributed by atoms with Gasteiger partial charge in [-0.05, 0) is 36.1 Å². The molecule has 0 aliphatic heterocycles.